The fraction of sp³-hybridized carbons (Fsp3) is 0.231. The van der Waals surface area contributed by atoms with E-state index in [0.717, 1.165) is 9.37 Å². The maximum Gasteiger partial charge on any atom is 0.253 e. The number of nitrogen functional groups attached to an aromatic ring is 1. The fourth-order valence-corrected chi connectivity index (χ4v) is 3.08. The highest BCUT2D eigenvalue weighted by molar-refractivity contribution is 9.10. The molecule has 0 amide bonds. The number of rotatable bonds is 4. The van der Waals surface area contributed by atoms with Gasteiger partial charge < -0.3 is 16.0 Å². The second-order valence-corrected chi connectivity index (χ2v) is 6.16. The van der Waals surface area contributed by atoms with Crippen LogP contribution in [0, 0.1) is 0 Å². The molecular weight excluding hydrogens is 340 g/mol. The van der Waals surface area contributed by atoms with Crippen molar-refractivity contribution < 1.29 is 0 Å². The Hall–Kier alpha value is -1.31. The topological polar surface area (TPSA) is 83.8 Å². The van der Waals surface area contributed by atoms with Crippen LogP contribution in [0.1, 0.15) is 18.5 Å². The van der Waals surface area contributed by atoms with E-state index in [9.17, 15) is 4.79 Å². The molecule has 2 rings (SSSR count). The third kappa shape index (κ3) is 3.62. The third-order valence-corrected chi connectivity index (χ3v) is 4.72. The van der Waals surface area contributed by atoms with E-state index in [1.54, 1.807) is 0 Å². The molecule has 0 saturated heterocycles. The normalized spacial score (nSPS) is 12.3. The molecule has 1 aromatic carbocycles. The predicted molar refractivity (Wildman–Crippen MR) is 85.0 cm³/mol. The van der Waals surface area contributed by atoms with Crippen molar-refractivity contribution in [2.75, 3.05) is 12.8 Å². The van der Waals surface area contributed by atoms with Gasteiger partial charge in [0.1, 0.15) is 5.82 Å². The molecule has 1 aromatic heterocycles. The molecule has 0 aliphatic heterocycles. The molecule has 7 heteroatoms. The van der Waals surface area contributed by atoms with E-state index >= 15 is 0 Å². The van der Waals surface area contributed by atoms with Gasteiger partial charge in [-0.15, -0.1) is 0 Å². The predicted octanol–water partition coefficient (Wildman–Crippen LogP) is 2.55. The van der Waals surface area contributed by atoms with Crippen LogP contribution in [0.15, 0.2) is 43.6 Å². The monoisotopic (exact) mass is 354 g/mol. The van der Waals surface area contributed by atoms with Gasteiger partial charge >= 0.3 is 0 Å². The van der Waals surface area contributed by atoms with Crippen LogP contribution in [-0.2, 0) is 0 Å². The molecule has 2 aromatic rings. The number of nitrogens with one attached hydrogen (secondary N) is 2. The minimum atomic E-state index is -0.253. The molecule has 0 bridgehead atoms. The summed E-state index contributed by atoms with van der Waals surface area (Å²) in [6.45, 7) is 2.09. The molecule has 20 heavy (non-hydrogen) atoms. The second kappa shape index (κ2) is 6.43. The number of nitrogens with two attached hydrogens (primary N) is 1. The lowest BCUT2D eigenvalue weighted by Gasteiger charge is -2.12. The van der Waals surface area contributed by atoms with Gasteiger partial charge in [-0.3, -0.25) is 4.79 Å². The van der Waals surface area contributed by atoms with Crippen LogP contribution >= 0.6 is 27.7 Å². The van der Waals surface area contributed by atoms with E-state index in [-0.39, 0.29) is 17.4 Å². The van der Waals surface area contributed by atoms with Gasteiger partial charge in [0.05, 0.1) is 0 Å². The first kappa shape index (κ1) is 15.1. The number of hydrogen-bond donors (Lipinski definition) is 3. The highest BCUT2D eigenvalue weighted by Gasteiger charge is 2.09. The van der Waals surface area contributed by atoms with Gasteiger partial charge in [0.25, 0.3) is 5.56 Å². The van der Waals surface area contributed by atoms with Crippen LogP contribution in [0.2, 0.25) is 0 Å². The highest BCUT2D eigenvalue weighted by Crippen LogP contribution is 2.33. The number of anilines is 1. The number of halogens is 1. The van der Waals surface area contributed by atoms with Crippen molar-refractivity contribution in [1.29, 1.82) is 0 Å². The summed E-state index contributed by atoms with van der Waals surface area (Å²) >= 11 is 4.90. The zero-order valence-corrected chi connectivity index (χ0v) is 13.5. The maximum absolute atomic E-state index is 11.4. The Morgan fingerprint density at radius 2 is 2.20 bits per heavy atom. The molecule has 1 heterocycles. The molecule has 1 atom stereocenters. The van der Waals surface area contributed by atoms with Gasteiger partial charge in [-0.25, -0.2) is 4.98 Å². The molecule has 4 N–H and O–H groups in total. The number of nitrogens with zero attached hydrogens (tertiary/aromatic N) is 1. The van der Waals surface area contributed by atoms with Crippen molar-refractivity contribution in [3.63, 3.8) is 0 Å². The first-order valence-electron chi connectivity index (χ1n) is 6.01. The quantitative estimate of drug-likeness (QED) is 0.734. The number of aromatic amines is 1. The summed E-state index contributed by atoms with van der Waals surface area (Å²) in [5.74, 6) is 0.216. The Balaban J connectivity index is 2.28. The molecule has 5 nitrogen and oxygen atoms in total. The van der Waals surface area contributed by atoms with E-state index < -0.39 is 0 Å². The Labute approximate surface area is 129 Å². The summed E-state index contributed by atoms with van der Waals surface area (Å²) in [6.07, 6.45) is 0. The smallest absolute Gasteiger partial charge is 0.253 e. The average Bonchev–Trinajstić information content (AvgIpc) is 2.39. The van der Waals surface area contributed by atoms with E-state index in [4.69, 9.17) is 5.73 Å². The summed E-state index contributed by atoms with van der Waals surface area (Å²) < 4.78 is 0.951. The summed E-state index contributed by atoms with van der Waals surface area (Å²) in [5, 5.41) is 3.67. The molecule has 0 radical (unpaired) electrons. The first-order valence-corrected chi connectivity index (χ1v) is 7.62. The van der Waals surface area contributed by atoms with Gasteiger partial charge in [0.15, 0.2) is 5.16 Å². The number of aromatic nitrogens is 2. The number of H-pyrrole nitrogens is 1. The second-order valence-electron chi connectivity index (χ2n) is 4.28. The highest BCUT2D eigenvalue weighted by atomic mass is 79.9. The summed E-state index contributed by atoms with van der Waals surface area (Å²) in [4.78, 5) is 19.1. The standard InChI is InChI=1S/C13H15BrN4OS/c1-7(16-2)8-3-4-10(9(14)5-8)20-13-17-11(15)6-12(19)18-13/h3-7,16H,1-2H3,(H3,15,17,18,19). The summed E-state index contributed by atoms with van der Waals surface area (Å²) in [5.41, 5.74) is 6.49. The molecular formula is C13H15BrN4OS. The van der Waals surface area contributed by atoms with Crippen LogP contribution < -0.4 is 16.6 Å². The van der Waals surface area contributed by atoms with Gasteiger partial charge in [0, 0.05) is 21.5 Å². The number of hydrogen-bond acceptors (Lipinski definition) is 5. The van der Waals surface area contributed by atoms with Crippen molar-refractivity contribution in [2.24, 2.45) is 0 Å². The van der Waals surface area contributed by atoms with Gasteiger partial charge in [-0.1, -0.05) is 17.8 Å². The Morgan fingerprint density at radius 3 is 2.80 bits per heavy atom. The van der Waals surface area contributed by atoms with Crippen LogP contribution in [0.5, 0.6) is 0 Å². The maximum atomic E-state index is 11.4. The molecule has 0 fully saturated rings. The molecule has 1 unspecified atom stereocenters. The van der Waals surface area contributed by atoms with Crippen molar-refractivity contribution >= 4 is 33.5 Å². The van der Waals surface area contributed by atoms with Gasteiger partial charge in [0.2, 0.25) is 0 Å². The zero-order chi connectivity index (χ0) is 14.7. The first-order chi connectivity index (χ1) is 9.49. The van der Waals surface area contributed by atoms with Crippen molar-refractivity contribution in [1.82, 2.24) is 15.3 Å². The summed E-state index contributed by atoms with van der Waals surface area (Å²) in [6, 6.07) is 7.61. The Kier molecular flexibility index (Phi) is 4.85. The molecule has 0 aliphatic rings. The minimum Gasteiger partial charge on any atom is -0.383 e. The summed E-state index contributed by atoms with van der Waals surface area (Å²) in [7, 11) is 1.92. The van der Waals surface area contributed by atoms with Crippen LogP contribution in [-0.4, -0.2) is 17.0 Å². The lowest BCUT2D eigenvalue weighted by Crippen LogP contribution is -2.12. The van der Waals surface area contributed by atoms with Crippen molar-refractivity contribution in [3.05, 3.63) is 44.7 Å². The minimum absolute atomic E-state index is 0.216. The van der Waals surface area contributed by atoms with E-state index in [1.165, 1.54) is 23.4 Å². The van der Waals surface area contributed by atoms with E-state index in [2.05, 4.69) is 38.1 Å². The van der Waals surface area contributed by atoms with E-state index in [0.29, 0.717) is 5.16 Å². The SMILES string of the molecule is CNC(C)c1ccc(Sc2nc(N)cc(=O)[nH]2)c(Br)c1. The fourth-order valence-electron chi connectivity index (χ4n) is 1.64. The lowest BCUT2D eigenvalue weighted by atomic mass is 10.1. The van der Waals surface area contributed by atoms with Crippen LogP contribution in [0.4, 0.5) is 5.82 Å². The van der Waals surface area contributed by atoms with Gasteiger partial charge in [-0.05, 0) is 47.6 Å². The molecule has 0 aliphatic carbocycles. The largest absolute Gasteiger partial charge is 0.383 e. The van der Waals surface area contributed by atoms with Crippen LogP contribution in [0.25, 0.3) is 0 Å². The van der Waals surface area contributed by atoms with Gasteiger partial charge in [-0.2, -0.15) is 0 Å². The van der Waals surface area contributed by atoms with Crippen molar-refractivity contribution in [3.8, 4) is 0 Å². The Morgan fingerprint density at radius 1 is 1.45 bits per heavy atom. The lowest BCUT2D eigenvalue weighted by molar-refractivity contribution is 0.651. The molecule has 0 spiro atoms. The van der Waals surface area contributed by atoms with Crippen molar-refractivity contribution in [2.45, 2.75) is 23.0 Å². The zero-order valence-electron chi connectivity index (χ0n) is 11.1. The third-order valence-electron chi connectivity index (χ3n) is 2.84. The number of benzene rings is 1. The molecule has 106 valence electrons. The Bertz CT molecular complexity index is 674. The molecule has 0 saturated carbocycles. The van der Waals surface area contributed by atoms with Crippen LogP contribution in [0.3, 0.4) is 0 Å². The van der Waals surface area contributed by atoms with E-state index in [1.807, 2.05) is 25.2 Å². The average molecular weight is 355 g/mol.